The highest BCUT2D eigenvalue weighted by Gasteiger charge is 2.07. The van der Waals surface area contributed by atoms with E-state index in [4.69, 9.17) is 9.47 Å². The molecule has 0 aliphatic carbocycles. The Bertz CT molecular complexity index is 705. The number of nitrogens with one attached hydrogen (secondary N) is 1. The lowest BCUT2D eigenvalue weighted by Crippen LogP contribution is -2.25. The van der Waals surface area contributed by atoms with Gasteiger partial charge < -0.3 is 9.47 Å². The van der Waals surface area contributed by atoms with E-state index in [0.717, 1.165) is 0 Å². The molecule has 0 spiro atoms. The van der Waals surface area contributed by atoms with Gasteiger partial charge in [-0.25, -0.2) is 5.43 Å². The molecule has 0 radical (unpaired) electrons. The van der Waals surface area contributed by atoms with Crippen molar-refractivity contribution in [3.63, 3.8) is 0 Å². The molecule has 0 unspecified atom stereocenters. The second-order valence-corrected chi connectivity index (χ2v) is 5.39. The summed E-state index contributed by atoms with van der Waals surface area (Å²) >= 11 is 3.36. The van der Waals surface area contributed by atoms with Crippen LogP contribution in [-0.2, 0) is 4.79 Å². The number of hydrogen-bond donors (Lipinski definition) is 1. The number of hydrazone groups is 1. The maximum Gasteiger partial charge on any atom is 0.277 e. The van der Waals surface area contributed by atoms with Crippen molar-refractivity contribution in [1.82, 2.24) is 10.4 Å². The third kappa shape index (κ3) is 5.07. The van der Waals surface area contributed by atoms with Crippen LogP contribution in [0.4, 0.5) is 0 Å². The van der Waals surface area contributed by atoms with Gasteiger partial charge >= 0.3 is 0 Å². The molecule has 0 saturated carbocycles. The second kappa shape index (κ2) is 8.28. The second-order valence-electron chi connectivity index (χ2n) is 4.53. The van der Waals surface area contributed by atoms with E-state index in [1.54, 1.807) is 38.4 Å². The van der Waals surface area contributed by atoms with Crippen molar-refractivity contribution < 1.29 is 14.3 Å². The number of halogens is 1. The summed E-state index contributed by atoms with van der Waals surface area (Å²) in [5.41, 5.74) is 3.75. The van der Waals surface area contributed by atoms with Gasteiger partial charge in [-0.05, 0) is 53.2 Å². The number of amides is 1. The van der Waals surface area contributed by atoms with Crippen LogP contribution in [0.5, 0.6) is 11.5 Å². The molecule has 0 aliphatic rings. The first-order chi connectivity index (χ1) is 11.1. The Morgan fingerprint density at radius 1 is 1.35 bits per heavy atom. The summed E-state index contributed by atoms with van der Waals surface area (Å²) in [6.45, 7) is 1.62. The number of ether oxygens (including phenoxy) is 2. The Kier molecular flexibility index (Phi) is 6.10. The molecule has 0 bridgehead atoms. The molecule has 0 aliphatic heterocycles. The van der Waals surface area contributed by atoms with Crippen molar-refractivity contribution in [2.75, 3.05) is 13.7 Å². The van der Waals surface area contributed by atoms with Crippen LogP contribution in [0, 0.1) is 0 Å². The van der Waals surface area contributed by atoms with E-state index in [0.29, 0.717) is 27.4 Å². The van der Waals surface area contributed by atoms with E-state index in [2.05, 4.69) is 31.4 Å². The third-order valence-electron chi connectivity index (χ3n) is 2.88. The van der Waals surface area contributed by atoms with Crippen LogP contribution in [0.1, 0.15) is 12.6 Å². The number of rotatable bonds is 6. The lowest BCUT2D eigenvalue weighted by molar-refractivity contribution is -0.123. The first-order valence-electron chi connectivity index (χ1n) is 6.81. The van der Waals surface area contributed by atoms with E-state index in [1.165, 1.54) is 0 Å². The lowest BCUT2D eigenvalue weighted by Gasteiger charge is -2.08. The molecule has 0 saturated heterocycles. The summed E-state index contributed by atoms with van der Waals surface area (Å²) in [6, 6.07) is 10.7. The molecule has 0 fully saturated rings. The zero-order chi connectivity index (χ0) is 16.7. The van der Waals surface area contributed by atoms with Crippen molar-refractivity contribution in [3.05, 3.63) is 52.8 Å². The molecular weight excluding hydrogens is 362 g/mol. The minimum atomic E-state index is -0.358. The highest BCUT2D eigenvalue weighted by molar-refractivity contribution is 9.10. The highest BCUT2D eigenvalue weighted by atomic mass is 79.9. The van der Waals surface area contributed by atoms with Crippen molar-refractivity contribution in [1.29, 1.82) is 0 Å². The van der Waals surface area contributed by atoms with Crippen LogP contribution in [0.25, 0.3) is 0 Å². The zero-order valence-corrected chi connectivity index (χ0v) is 14.3. The first kappa shape index (κ1) is 17.0. The molecule has 2 aromatic rings. The molecule has 7 heteroatoms. The minimum absolute atomic E-state index is 0.149. The topological polar surface area (TPSA) is 72.8 Å². The number of carbonyl (C=O) groups is 1. The van der Waals surface area contributed by atoms with Crippen LogP contribution in [0.15, 0.2) is 52.2 Å². The van der Waals surface area contributed by atoms with Crippen molar-refractivity contribution in [2.24, 2.45) is 5.10 Å². The molecule has 1 heterocycles. The van der Waals surface area contributed by atoms with E-state index >= 15 is 0 Å². The molecule has 23 heavy (non-hydrogen) atoms. The van der Waals surface area contributed by atoms with Crippen molar-refractivity contribution >= 4 is 27.5 Å². The SMILES string of the molecule is COc1ccc(OCC(=O)NN=C(C)c2ccccn2)c(Br)c1. The number of carbonyl (C=O) groups excluding carboxylic acids is 1. The Morgan fingerprint density at radius 3 is 2.83 bits per heavy atom. The maximum atomic E-state index is 11.8. The van der Waals surface area contributed by atoms with Crippen LogP contribution in [-0.4, -0.2) is 30.3 Å². The molecule has 0 atom stereocenters. The van der Waals surface area contributed by atoms with Gasteiger partial charge in [-0.3, -0.25) is 9.78 Å². The number of hydrogen-bond acceptors (Lipinski definition) is 5. The zero-order valence-electron chi connectivity index (χ0n) is 12.7. The third-order valence-corrected chi connectivity index (χ3v) is 3.50. The molecule has 1 amide bonds. The summed E-state index contributed by atoms with van der Waals surface area (Å²) in [6.07, 6.45) is 1.67. The van der Waals surface area contributed by atoms with Gasteiger partial charge in [0, 0.05) is 6.20 Å². The van der Waals surface area contributed by atoms with Crippen LogP contribution < -0.4 is 14.9 Å². The normalized spacial score (nSPS) is 11.0. The number of benzene rings is 1. The maximum absolute atomic E-state index is 11.8. The fraction of sp³-hybridized carbons (Fsp3) is 0.188. The van der Waals surface area contributed by atoms with E-state index in [9.17, 15) is 4.79 Å². The summed E-state index contributed by atoms with van der Waals surface area (Å²) in [4.78, 5) is 15.9. The Labute approximate surface area is 142 Å². The van der Waals surface area contributed by atoms with Crippen molar-refractivity contribution in [2.45, 2.75) is 6.92 Å². The van der Waals surface area contributed by atoms with Gasteiger partial charge in [0.1, 0.15) is 11.5 Å². The number of pyridine rings is 1. The summed E-state index contributed by atoms with van der Waals surface area (Å²) in [5.74, 6) is 0.888. The van der Waals surface area contributed by atoms with Crippen LogP contribution in [0.3, 0.4) is 0 Å². The van der Waals surface area contributed by atoms with Gasteiger partial charge in [0.05, 0.1) is 23.0 Å². The molecule has 6 nitrogen and oxygen atoms in total. The minimum Gasteiger partial charge on any atom is -0.497 e. The van der Waals surface area contributed by atoms with Gasteiger partial charge in [-0.15, -0.1) is 0 Å². The Hall–Kier alpha value is -2.41. The number of aromatic nitrogens is 1. The lowest BCUT2D eigenvalue weighted by atomic mass is 10.3. The fourth-order valence-electron chi connectivity index (χ4n) is 1.68. The van der Waals surface area contributed by atoms with Gasteiger partial charge in [0.15, 0.2) is 6.61 Å². The predicted molar refractivity (Wildman–Crippen MR) is 90.8 cm³/mol. The van der Waals surface area contributed by atoms with Gasteiger partial charge in [-0.1, -0.05) is 6.07 Å². The predicted octanol–water partition coefficient (Wildman–Crippen LogP) is 2.77. The summed E-state index contributed by atoms with van der Waals surface area (Å²) < 4.78 is 11.2. The van der Waals surface area contributed by atoms with Crippen LogP contribution in [0.2, 0.25) is 0 Å². The van der Waals surface area contributed by atoms with E-state index < -0.39 is 0 Å². The summed E-state index contributed by atoms with van der Waals surface area (Å²) in [7, 11) is 1.58. The molecule has 120 valence electrons. The quantitative estimate of drug-likeness (QED) is 0.620. The fourth-order valence-corrected chi connectivity index (χ4v) is 2.15. The van der Waals surface area contributed by atoms with Gasteiger partial charge in [0.2, 0.25) is 0 Å². The molecule has 1 N–H and O–H groups in total. The summed E-state index contributed by atoms with van der Waals surface area (Å²) in [5, 5.41) is 4.00. The molecule has 1 aromatic heterocycles. The van der Waals surface area contributed by atoms with E-state index in [-0.39, 0.29) is 12.5 Å². The largest absolute Gasteiger partial charge is 0.497 e. The average Bonchev–Trinajstić information content (AvgIpc) is 2.59. The molecular formula is C16H16BrN3O3. The average molecular weight is 378 g/mol. The van der Waals surface area contributed by atoms with E-state index in [1.807, 2.05) is 18.2 Å². The Morgan fingerprint density at radius 2 is 2.17 bits per heavy atom. The van der Waals surface area contributed by atoms with Gasteiger partial charge in [-0.2, -0.15) is 5.10 Å². The standard InChI is InChI=1S/C16H16BrN3O3/c1-11(14-5-3-4-8-18-14)19-20-16(21)10-23-15-7-6-12(22-2)9-13(15)17/h3-9H,10H2,1-2H3,(H,20,21). The Balaban J connectivity index is 1.88. The first-order valence-corrected chi connectivity index (χ1v) is 7.60. The van der Waals surface area contributed by atoms with Gasteiger partial charge in [0.25, 0.3) is 5.91 Å². The van der Waals surface area contributed by atoms with Crippen LogP contribution >= 0.6 is 15.9 Å². The number of methoxy groups -OCH3 is 1. The number of nitrogens with zero attached hydrogens (tertiary/aromatic N) is 2. The highest BCUT2D eigenvalue weighted by Crippen LogP contribution is 2.28. The molecule has 2 rings (SSSR count). The monoisotopic (exact) mass is 377 g/mol. The molecule has 1 aromatic carbocycles. The smallest absolute Gasteiger partial charge is 0.277 e. The van der Waals surface area contributed by atoms with Crippen molar-refractivity contribution in [3.8, 4) is 11.5 Å².